The number of rotatable bonds is 6. The Morgan fingerprint density at radius 2 is 2.22 bits per heavy atom. The molecule has 0 aromatic heterocycles. The largest absolute Gasteiger partial charge is 0.493 e. The average Bonchev–Trinajstić information content (AvgIpc) is 2.91. The van der Waals surface area contributed by atoms with Crippen molar-refractivity contribution in [1.29, 1.82) is 0 Å². The number of hydrogen-bond donors (Lipinski definition) is 1. The van der Waals surface area contributed by atoms with Gasteiger partial charge in [0.2, 0.25) is 0 Å². The first-order chi connectivity index (χ1) is 8.85. The van der Waals surface area contributed by atoms with Gasteiger partial charge in [-0.25, -0.2) is 0 Å². The van der Waals surface area contributed by atoms with Crippen LogP contribution >= 0.6 is 0 Å². The van der Waals surface area contributed by atoms with Gasteiger partial charge >= 0.3 is 0 Å². The van der Waals surface area contributed by atoms with Gasteiger partial charge in [0.05, 0.1) is 19.8 Å². The third-order valence-electron chi connectivity index (χ3n) is 3.30. The van der Waals surface area contributed by atoms with E-state index >= 15 is 0 Å². The van der Waals surface area contributed by atoms with Crippen molar-refractivity contribution in [3.63, 3.8) is 0 Å². The Hall–Kier alpha value is -1.26. The van der Waals surface area contributed by atoms with Crippen molar-refractivity contribution >= 4 is 0 Å². The molecule has 1 atom stereocenters. The van der Waals surface area contributed by atoms with Gasteiger partial charge in [0.15, 0.2) is 11.5 Å². The van der Waals surface area contributed by atoms with Gasteiger partial charge < -0.3 is 19.5 Å². The van der Waals surface area contributed by atoms with Gasteiger partial charge in [-0.15, -0.1) is 0 Å². The molecular formula is C14H22NO3+. The number of ether oxygens (including phenoxy) is 3. The zero-order valence-electron chi connectivity index (χ0n) is 11.1. The molecule has 1 aromatic rings. The first-order valence-corrected chi connectivity index (χ1v) is 6.48. The van der Waals surface area contributed by atoms with E-state index in [1.54, 1.807) is 14.2 Å². The minimum Gasteiger partial charge on any atom is -0.493 e. The van der Waals surface area contributed by atoms with Crippen LogP contribution in [0.1, 0.15) is 18.4 Å². The topological polar surface area (TPSA) is 44.3 Å². The van der Waals surface area contributed by atoms with Gasteiger partial charge in [-0.2, -0.15) is 0 Å². The molecule has 0 spiro atoms. The minimum atomic E-state index is 0.418. The SMILES string of the molecule is COc1cccc(C[NH2+]C[C@@H]2CCCO2)c1OC. The summed E-state index contributed by atoms with van der Waals surface area (Å²) < 4.78 is 16.3. The highest BCUT2D eigenvalue weighted by atomic mass is 16.5. The smallest absolute Gasteiger partial charge is 0.169 e. The summed E-state index contributed by atoms with van der Waals surface area (Å²) in [5, 5.41) is 2.27. The lowest BCUT2D eigenvalue weighted by molar-refractivity contribution is -0.676. The van der Waals surface area contributed by atoms with E-state index in [-0.39, 0.29) is 0 Å². The number of quaternary nitrogens is 1. The predicted octanol–water partition coefficient (Wildman–Crippen LogP) is 0.946. The number of methoxy groups -OCH3 is 2. The lowest BCUT2D eigenvalue weighted by Gasteiger charge is -2.12. The fourth-order valence-electron chi connectivity index (χ4n) is 2.37. The second-order valence-corrected chi connectivity index (χ2v) is 4.52. The molecule has 4 heteroatoms. The molecule has 0 bridgehead atoms. The molecule has 18 heavy (non-hydrogen) atoms. The molecule has 1 saturated heterocycles. The quantitative estimate of drug-likeness (QED) is 0.819. The average molecular weight is 252 g/mol. The fourth-order valence-corrected chi connectivity index (χ4v) is 2.37. The molecule has 4 nitrogen and oxygen atoms in total. The van der Waals surface area contributed by atoms with Gasteiger partial charge in [-0.1, -0.05) is 6.07 Å². The third kappa shape index (κ3) is 3.15. The highest BCUT2D eigenvalue weighted by Crippen LogP contribution is 2.29. The number of benzene rings is 1. The van der Waals surface area contributed by atoms with Crippen LogP contribution in [0.3, 0.4) is 0 Å². The van der Waals surface area contributed by atoms with Crippen LogP contribution in [0.25, 0.3) is 0 Å². The van der Waals surface area contributed by atoms with E-state index in [9.17, 15) is 0 Å². The first-order valence-electron chi connectivity index (χ1n) is 6.48. The van der Waals surface area contributed by atoms with E-state index in [0.717, 1.165) is 36.8 Å². The number of nitrogens with two attached hydrogens (primary N) is 1. The maximum Gasteiger partial charge on any atom is 0.169 e. The summed E-state index contributed by atoms with van der Waals surface area (Å²) >= 11 is 0. The van der Waals surface area contributed by atoms with Gasteiger partial charge in [0, 0.05) is 6.61 Å². The first kappa shape index (κ1) is 13.2. The molecule has 0 radical (unpaired) electrons. The van der Waals surface area contributed by atoms with Crippen molar-refractivity contribution in [2.45, 2.75) is 25.5 Å². The molecule has 0 saturated carbocycles. The van der Waals surface area contributed by atoms with Crippen LogP contribution in [0.2, 0.25) is 0 Å². The van der Waals surface area contributed by atoms with E-state index < -0.39 is 0 Å². The van der Waals surface area contributed by atoms with Crippen molar-refractivity contribution < 1.29 is 19.5 Å². The Balaban J connectivity index is 1.91. The molecule has 1 heterocycles. The second kappa shape index (κ2) is 6.61. The molecule has 2 N–H and O–H groups in total. The lowest BCUT2D eigenvalue weighted by Crippen LogP contribution is -2.84. The van der Waals surface area contributed by atoms with Crippen LogP contribution in [0.5, 0.6) is 11.5 Å². The molecule has 0 unspecified atom stereocenters. The van der Waals surface area contributed by atoms with Crippen LogP contribution in [-0.4, -0.2) is 33.5 Å². The molecule has 1 aliphatic heterocycles. The second-order valence-electron chi connectivity index (χ2n) is 4.52. The van der Waals surface area contributed by atoms with E-state index in [2.05, 4.69) is 11.4 Å². The van der Waals surface area contributed by atoms with Crippen molar-refractivity contribution in [1.82, 2.24) is 0 Å². The van der Waals surface area contributed by atoms with Gasteiger partial charge in [0.1, 0.15) is 19.2 Å². The monoisotopic (exact) mass is 252 g/mol. The number of hydrogen-bond acceptors (Lipinski definition) is 3. The Kier molecular flexibility index (Phi) is 4.84. The van der Waals surface area contributed by atoms with Crippen molar-refractivity contribution in [3.8, 4) is 11.5 Å². The molecule has 1 aromatic carbocycles. The Morgan fingerprint density at radius 1 is 1.33 bits per heavy atom. The Bertz CT molecular complexity index is 375. The van der Waals surface area contributed by atoms with Crippen molar-refractivity contribution in [3.05, 3.63) is 23.8 Å². The molecule has 1 aliphatic rings. The predicted molar refractivity (Wildman–Crippen MR) is 69.0 cm³/mol. The summed E-state index contributed by atoms with van der Waals surface area (Å²) in [6.45, 7) is 2.82. The molecule has 2 rings (SSSR count). The third-order valence-corrected chi connectivity index (χ3v) is 3.30. The molecular weight excluding hydrogens is 230 g/mol. The molecule has 0 amide bonds. The Labute approximate surface area is 108 Å². The van der Waals surface area contributed by atoms with E-state index in [1.807, 2.05) is 12.1 Å². The summed E-state index contributed by atoms with van der Waals surface area (Å²) in [5.41, 5.74) is 1.16. The Morgan fingerprint density at radius 3 is 2.89 bits per heavy atom. The highest BCUT2D eigenvalue weighted by molar-refractivity contribution is 5.46. The molecule has 1 fully saturated rings. The summed E-state index contributed by atoms with van der Waals surface area (Å²) in [6.07, 6.45) is 2.80. The standard InChI is InChI=1S/C14H21NO3/c1-16-13-7-3-5-11(14(13)17-2)9-15-10-12-6-4-8-18-12/h3,5,7,12,15H,4,6,8-10H2,1-2H3/p+1/t12-/m0/s1. The minimum absolute atomic E-state index is 0.418. The molecule has 100 valence electrons. The van der Waals surface area contributed by atoms with Crippen molar-refractivity contribution in [2.24, 2.45) is 0 Å². The normalized spacial score (nSPS) is 18.9. The van der Waals surface area contributed by atoms with Crippen LogP contribution in [-0.2, 0) is 11.3 Å². The summed E-state index contributed by atoms with van der Waals surface area (Å²) in [5.74, 6) is 1.63. The van der Waals surface area contributed by atoms with Gasteiger partial charge in [0.25, 0.3) is 0 Å². The number of para-hydroxylation sites is 1. The van der Waals surface area contributed by atoms with Gasteiger partial charge in [-0.3, -0.25) is 0 Å². The highest BCUT2D eigenvalue weighted by Gasteiger charge is 2.17. The fraction of sp³-hybridized carbons (Fsp3) is 0.571. The molecule has 0 aliphatic carbocycles. The maximum atomic E-state index is 5.61. The van der Waals surface area contributed by atoms with E-state index in [4.69, 9.17) is 14.2 Å². The van der Waals surface area contributed by atoms with Crippen LogP contribution < -0.4 is 14.8 Å². The zero-order valence-corrected chi connectivity index (χ0v) is 11.1. The summed E-state index contributed by atoms with van der Waals surface area (Å²) in [6, 6.07) is 5.99. The maximum absolute atomic E-state index is 5.61. The van der Waals surface area contributed by atoms with Gasteiger partial charge in [-0.05, 0) is 25.0 Å². The van der Waals surface area contributed by atoms with Crippen LogP contribution in [0, 0.1) is 0 Å². The van der Waals surface area contributed by atoms with E-state index in [0.29, 0.717) is 6.10 Å². The zero-order chi connectivity index (χ0) is 12.8. The lowest BCUT2D eigenvalue weighted by atomic mass is 10.1. The van der Waals surface area contributed by atoms with Crippen LogP contribution in [0.4, 0.5) is 0 Å². The summed E-state index contributed by atoms with van der Waals surface area (Å²) in [7, 11) is 3.35. The van der Waals surface area contributed by atoms with E-state index in [1.165, 1.54) is 12.8 Å². The van der Waals surface area contributed by atoms with Crippen LogP contribution in [0.15, 0.2) is 18.2 Å². The van der Waals surface area contributed by atoms with Crippen molar-refractivity contribution in [2.75, 3.05) is 27.4 Å². The summed E-state index contributed by atoms with van der Waals surface area (Å²) in [4.78, 5) is 0.